The van der Waals surface area contributed by atoms with Gasteiger partial charge in [0.05, 0.1) is 23.2 Å². The lowest BCUT2D eigenvalue weighted by Gasteiger charge is -2.30. The van der Waals surface area contributed by atoms with Gasteiger partial charge in [0, 0.05) is 31.7 Å². The largest absolute Gasteiger partial charge is 0.379 e. The van der Waals surface area contributed by atoms with E-state index in [4.69, 9.17) is 9.26 Å². The molecule has 2 aliphatic rings. The van der Waals surface area contributed by atoms with Crippen LogP contribution in [0.25, 0.3) is 0 Å². The van der Waals surface area contributed by atoms with Crippen molar-refractivity contribution in [3.63, 3.8) is 0 Å². The number of rotatable bonds is 5. The van der Waals surface area contributed by atoms with Crippen molar-refractivity contribution >= 4 is 15.9 Å². The molecular weight excluding hydrogens is 406 g/mol. The molecule has 0 spiro atoms. The van der Waals surface area contributed by atoms with E-state index in [1.165, 1.54) is 4.31 Å². The highest BCUT2D eigenvalue weighted by atomic mass is 32.2. The molecule has 1 aromatic heterocycles. The van der Waals surface area contributed by atoms with Crippen LogP contribution in [0.2, 0.25) is 0 Å². The molecule has 4 rings (SSSR count). The fourth-order valence-electron chi connectivity index (χ4n) is 3.95. The molecular formula is C21H27N3O5S. The topological polar surface area (TPSA) is 102 Å². The van der Waals surface area contributed by atoms with Crippen LogP contribution in [0.1, 0.15) is 53.4 Å². The monoisotopic (exact) mass is 433 g/mol. The molecule has 0 unspecified atom stereocenters. The maximum Gasteiger partial charge on any atom is 0.290 e. The SMILES string of the molecule is Cc1ccc(S(=O)(=O)N2CCC(c3cc(C(=O)N[C@@H]4CCCOC4)on3)CC2)cc1. The summed E-state index contributed by atoms with van der Waals surface area (Å²) in [5, 5.41) is 6.99. The summed E-state index contributed by atoms with van der Waals surface area (Å²) in [6.07, 6.45) is 3.08. The molecule has 1 atom stereocenters. The third-order valence-electron chi connectivity index (χ3n) is 5.78. The second-order valence-electron chi connectivity index (χ2n) is 7.99. The Balaban J connectivity index is 1.35. The highest BCUT2D eigenvalue weighted by Gasteiger charge is 2.31. The van der Waals surface area contributed by atoms with Crippen LogP contribution in [-0.2, 0) is 14.8 Å². The summed E-state index contributed by atoms with van der Waals surface area (Å²) in [6, 6.07) is 8.58. The minimum Gasteiger partial charge on any atom is -0.379 e. The van der Waals surface area contributed by atoms with Crippen molar-refractivity contribution in [2.24, 2.45) is 0 Å². The van der Waals surface area contributed by atoms with Crippen LogP contribution in [0.4, 0.5) is 0 Å². The molecule has 2 aromatic rings. The Morgan fingerprint density at radius 2 is 1.90 bits per heavy atom. The number of aryl methyl sites for hydroxylation is 1. The van der Waals surface area contributed by atoms with Gasteiger partial charge in [0.15, 0.2) is 0 Å². The summed E-state index contributed by atoms with van der Waals surface area (Å²) < 4.78 is 37.9. The van der Waals surface area contributed by atoms with Gasteiger partial charge in [-0.3, -0.25) is 4.79 Å². The predicted octanol–water partition coefficient (Wildman–Crippen LogP) is 2.46. The maximum absolute atomic E-state index is 12.9. The average molecular weight is 434 g/mol. The van der Waals surface area contributed by atoms with Gasteiger partial charge < -0.3 is 14.6 Å². The number of hydrogen-bond acceptors (Lipinski definition) is 6. The zero-order valence-electron chi connectivity index (χ0n) is 17.0. The van der Waals surface area contributed by atoms with E-state index in [0.717, 1.165) is 25.0 Å². The molecule has 0 radical (unpaired) electrons. The van der Waals surface area contributed by atoms with Gasteiger partial charge in [0.25, 0.3) is 5.91 Å². The smallest absolute Gasteiger partial charge is 0.290 e. The van der Waals surface area contributed by atoms with Gasteiger partial charge in [0.2, 0.25) is 15.8 Å². The molecule has 2 saturated heterocycles. The minimum absolute atomic E-state index is 0.00461. The first-order valence-corrected chi connectivity index (χ1v) is 11.8. The summed E-state index contributed by atoms with van der Waals surface area (Å²) in [5.41, 5.74) is 1.72. The maximum atomic E-state index is 12.9. The number of sulfonamides is 1. The van der Waals surface area contributed by atoms with E-state index < -0.39 is 10.0 Å². The Morgan fingerprint density at radius 1 is 1.17 bits per heavy atom. The molecule has 0 bridgehead atoms. The minimum atomic E-state index is -3.50. The molecule has 8 nitrogen and oxygen atoms in total. The lowest BCUT2D eigenvalue weighted by molar-refractivity contribution is 0.0608. The van der Waals surface area contributed by atoms with E-state index in [9.17, 15) is 13.2 Å². The molecule has 162 valence electrons. The fraction of sp³-hybridized carbons (Fsp3) is 0.524. The van der Waals surface area contributed by atoms with Crippen molar-refractivity contribution in [1.82, 2.24) is 14.8 Å². The van der Waals surface area contributed by atoms with E-state index in [2.05, 4.69) is 10.5 Å². The van der Waals surface area contributed by atoms with Crippen molar-refractivity contribution in [1.29, 1.82) is 0 Å². The Bertz CT molecular complexity index is 972. The second-order valence-corrected chi connectivity index (χ2v) is 9.93. The van der Waals surface area contributed by atoms with Crippen LogP contribution in [0.5, 0.6) is 0 Å². The van der Waals surface area contributed by atoms with Gasteiger partial charge >= 0.3 is 0 Å². The number of hydrogen-bond donors (Lipinski definition) is 1. The molecule has 30 heavy (non-hydrogen) atoms. The molecule has 1 aromatic carbocycles. The predicted molar refractivity (Wildman–Crippen MR) is 110 cm³/mol. The third kappa shape index (κ3) is 4.58. The standard InChI is InChI=1S/C21H27N3O5S/c1-15-4-6-18(7-5-15)30(26,27)24-10-8-16(9-11-24)19-13-20(29-23-19)21(25)22-17-3-2-12-28-14-17/h4-7,13,16-17H,2-3,8-12,14H2,1H3,(H,22,25)/t17-/m1/s1. The summed E-state index contributed by atoms with van der Waals surface area (Å²) in [7, 11) is -3.50. The first-order valence-electron chi connectivity index (χ1n) is 10.4. The van der Waals surface area contributed by atoms with E-state index in [1.54, 1.807) is 30.3 Å². The van der Waals surface area contributed by atoms with Crippen molar-refractivity contribution in [3.05, 3.63) is 47.3 Å². The lowest BCUT2D eigenvalue weighted by Crippen LogP contribution is -2.40. The van der Waals surface area contributed by atoms with E-state index >= 15 is 0 Å². The van der Waals surface area contributed by atoms with Gasteiger partial charge in [-0.15, -0.1) is 0 Å². The number of carbonyl (C=O) groups is 1. The van der Waals surface area contributed by atoms with Crippen molar-refractivity contribution < 1.29 is 22.5 Å². The number of benzene rings is 1. The molecule has 2 fully saturated rings. The van der Waals surface area contributed by atoms with Crippen LogP contribution in [-0.4, -0.2) is 56.1 Å². The number of amides is 1. The normalized spacial score (nSPS) is 21.4. The Morgan fingerprint density at radius 3 is 2.57 bits per heavy atom. The fourth-order valence-corrected chi connectivity index (χ4v) is 5.42. The van der Waals surface area contributed by atoms with Crippen LogP contribution >= 0.6 is 0 Å². The second kappa shape index (κ2) is 8.87. The molecule has 2 aliphatic heterocycles. The molecule has 1 amide bonds. The number of ether oxygens (including phenoxy) is 1. The van der Waals surface area contributed by atoms with E-state index in [-0.39, 0.29) is 23.6 Å². The molecule has 1 N–H and O–H groups in total. The quantitative estimate of drug-likeness (QED) is 0.777. The van der Waals surface area contributed by atoms with Crippen LogP contribution in [0.3, 0.4) is 0 Å². The summed E-state index contributed by atoms with van der Waals surface area (Å²) in [6.45, 7) is 4.00. The molecule has 0 aliphatic carbocycles. The van der Waals surface area contributed by atoms with Gasteiger partial charge in [-0.2, -0.15) is 4.31 Å². The van der Waals surface area contributed by atoms with Gasteiger partial charge in [-0.05, 0) is 44.7 Å². The summed E-state index contributed by atoms with van der Waals surface area (Å²) >= 11 is 0. The lowest BCUT2D eigenvalue weighted by atomic mass is 9.94. The van der Waals surface area contributed by atoms with Gasteiger partial charge in [0.1, 0.15) is 0 Å². The van der Waals surface area contributed by atoms with Gasteiger partial charge in [-0.1, -0.05) is 22.9 Å². The van der Waals surface area contributed by atoms with Crippen molar-refractivity contribution in [2.75, 3.05) is 26.3 Å². The first-order chi connectivity index (χ1) is 14.4. The van der Waals surface area contributed by atoms with Crippen LogP contribution in [0.15, 0.2) is 39.8 Å². The number of carbonyl (C=O) groups excluding carboxylic acids is 1. The van der Waals surface area contributed by atoms with Crippen molar-refractivity contribution in [3.8, 4) is 0 Å². The molecule has 3 heterocycles. The Labute approximate surface area is 176 Å². The zero-order valence-corrected chi connectivity index (χ0v) is 17.9. The first kappa shape index (κ1) is 21.0. The number of piperidine rings is 1. The highest BCUT2D eigenvalue weighted by molar-refractivity contribution is 7.89. The number of nitrogens with one attached hydrogen (secondary N) is 1. The highest BCUT2D eigenvalue weighted by Crippen LogP contribution is 2.30. The summed E-state index contributed by atoms with van der Waals surface area (Å²) in [5.74, 6) is -0.0355. The number of nitrogens with zero attached hydrogens (tertiary/aromatic N) is 2. The zero-order chi connectivity index (χ0) is 21.1. The van der Waals surface area contributed by atoms with Crippen LogP contribution in [0, 0.1) is 6.92 Å². The van der Waals surface area contributed by atoms with E-state index in [0.29, 0.717) is 43.1 Å². The Hall–Kier alpha value is -2.23. The van der Waals surface area contributed by atoms with Crippen LogP contribution < -0.4 is 5.32 Å². The van der Waals surface area contributed by atoms with Gasteiger partial charge in [-0.25, -0.2) is 8.42 Å². The third-order valence-corrected chi connectivity index (χ3v) is 7.69. The van der Waals surface area contributed by atoms with E-state index in [1.807, 2.05) is 6.92 Å². The molecule has 0 saturated carbocycles. The summed E-state index contributed by atoms with van der Waals surface area (Å²) in [4.78, 5) is 12.7. The van der Waals surface area contributed by atoms with Crippen molar-refractivity contribution in [2.45, 2.75) is 49.5 Å². The molecule has 9 heteroatoms. The average Bonchev–Trinajstić information content (AvgIpc) is 3.25. The number of aromatic nitrogens is 1. The Kier molecular flexibility index (Phi) is 6.21.